The second kappa shape index (κ2) is 16.0. The van der Waals surface area contributed by atoms with Crippen LogP contribution in [-0.4, -0.2) is 18.4 Å². The average molecular weight is 597 g/mol. The largest absolute Gasteiger partial charge is 0.428 e. The van der Waals surface area contributed by atoms with Crippen molar-refractivity contribution in [3.05, 3.63) is 107 Å². The van der Waals surface area contributed by atoms with Crippen molar-refractivity contribution >= 4 is 11.8 Å². The summed E-state index contributed by atoms with van der Waals surface area (Å²) in [4.78, 5) is 26.3. The van der Waals surface area contributed by atoms with Crippen LogP contribution in [0.15, 0.2) is 78.9 Å². The first-order chi connectivity index (χ1) is 22.0. The molecule has 0 amide bonds. The molecule has 4 heteroatoms. The van der Waals surface area contributed by atoms with Gasteiger partial charge in [-0.2, -0.15) is 0 Å². The summed E-state index contributed by atoms with van der Waals surface area (Å²) in [5.41, 5.74) is 4.20. The Bertz CT molecular complexity index is 1590. The Morgan fingerprint density at radius 1 is 0.733 bits per heavy atom. The van der Waals surface area contributed by atoms with Gasteiger partial charge in [-0.1, -0.05) is 92.4 Å². The Balaban J connectivity index is 1.16. The maximum Gasteiger partial charge on any atom is 0.340 e. The summed E-state index contributed by atoms with van der Waals surface area (Å²) in [6.45, 7) is 2.10. The molecule has 0 spiro atoms. The number of ether oxygens (including phenoxy) is 2. The number of hydrogen-bond acceptors (Lipinski definition) is 4. The zero-order valence-electron chi connectivity index (χ0n) is 26.0. The summed E-state index contributed by atoms with van der Waals surface area (Å²) >= 11 is 0. The third-order valence-corrected chi connectivity index (χ3v) is 9.19. The van der Waals surface area contributed by atoms with Crippen LogP contribution in [0.3, 0.4) is 0 Å². The molecule has 0 aliphatic heterocycles. The molecule has 1 atom stereocenters. The van der Waals surface area contributed by atoms with Crippen LogP contribution >= 0.6 is 0 Å². The van der Waals surface area contributed by atoms with Crippen LogP contribution in [0.1, 0.15) is 114 Å². The molecule has 2 fully saturated rings. The Kier molecular flexibility index (Phi) is 11.3. The van der Waals surface area contributed by atoms with E-state index < -0.39 is 12.3 Å². The summed E-state index contributed by atoms with van der Waals surface area (Å²) in [6, 6.07) is 24.8. The van der Waals surface area contributed by atoms with E-state index in [2.05, 4.69) is 36.5 Å². The SMILES string of the molecule is C#CC#CC#CC1CCC(c2ccc(C(=O)CO[C@@H](OC(=O)c3ccc(C4CCC(C)CC4)cc3)c3ccccc3)cc2)CC1. The quantitative estimate of drug-likeness (QED) is 0.107. The van der Waals surface area contributed by atoms with Gasteiger partial charge < -0.3 is 9.47 Å². The van der Waals surface area contributed by atoms with Gasteiger partial charge in [0.15, 0.2) is 5.78 Å². The van der Waals surface area contributed by atoms with E-state index in [9.17, 15) is 9.59 Å². The molecule has 0 radical (unpaired) electrons. The molecule has 5 rings (SSSR count). The van der Waals surface area contributed by atoms with Crippen LogP contribution in [0.5, 0.6) is 0 Å². The van der Waals surface area contributed by atoms with E-state index in [0.717, 1.165) is 31.6 Å². The van der Waals surface area contributed by atoms with Crippen molar-refractivity contribution in [2.45, 2.75) is 76.4 Å². The molecule has 0 heterocycles. The number of rotatable bonds is 9. The minimum Gasteiger partial charge on any atom is -0.428 e. The predicted octanol–water partition coefficient (Wildman–Crippen LogP) is 8.65. The number of ketones is 1. The molecular formula is C41H40O4. The molecule has 0 unspecified atom stereocenters. The van der Waals surface area contributed by atoms with Crippen LogP contribution in [0.4, 0.5) is 0 Å². The van der Waals surface area contributed by atoms with Crippen LogP contribution in [0, 0.1) is 47.9 Å². The number of benzene rings is 3. The lowest BCUT2D eigenvalue weighted by molar-refractivity contribution is -0.106. The molecule has 45 heavy (non-hydrogen) atoms. The highest BCUT2D eigenvalue weighted by atomic mass is 16.7. The van der Waals surface area contributed by atoms with Crippen molar-refractivity contribution in [1.82, 2.24) is 0 Å². The van der Waals surface area contributed by atoms with Gasteiger partial charge in [0.2, 0.25) is 6.29 Å². The second-order valence-electron chi connectivity index (χ2n) is 12.3. The normalized spacial score (nSPS) is 21.5. The molecular weight excluding hydrogens is 556 g/mol. The molecule has 3 aromatic carbocycles. The predicted molar refractivity (Wildman–Crippen MR) is 177 cm³/mol. The maximum absolute atomic E-state index is 13.2. The van der Waals surface area contributed by atoms with Crippen LogP contribution in [0.25, 0.3) is 0 Å². The van der Waals surface area contributed by atoms with Gasteiger partial charge in [-0.05, 0) is 103 Å². The van der Waals surface area contributed by atoms with Crippen molar-refractivity contribution < 1.29 is 19.1 Å². The van der Waals surface area contributed by atoms with Crippen LogP contribution in [0.2, 0.25) is 0 Å². The van der Waals surface area contributed by atoms with Crippen molar-refractivity contribution in [3.8, 4) is 36.0 Å². The smallest absolute Gasteiger partial charge is 0.340 e. The summed E-state index contributed by atoms with van der Waals surface area (Å²) in [7, 11) is 0. The van der Waals surface area contributed by atoms with Gasteiger partial charge in [-0.15, -0.1) is 6.42 Å². The van der Waals surface area contributed by atoms with Crippen molar-refractivity contribution in [3.63, 3.8) is 0 Å². The Hall–Kier alpha value is -4.56. The van der Waals surface area contributed by atoms with E-state index >= 15 is 0 Å². The Morgan fingerprint density at radius 3 is 1.91 bits per heavy atom. The molecule has 228 valence electrons. The van der Waals surface area contributed by atoms with E-state index in [1.54, 1.807) is 0 Å². The van der Waals surface area contributed by atoms with Gasteiger partial charge in [0.1, 0.15) is 6.61 Å². The van der Waals surface area contributed by atoms with Gasteiger partial charge in [0.25, 0.3) is 0 Å². The third-order valence-electron chi connectivity index (χ3n) is 9.19. The highest BCUT2D eigenvalue weighted by Crippen LogP contribution is 2.37. The summed E-state index contributed by atoms with van der Waals surface area (Å²) < 4.78 is 11.8. The molecule has 0 N–H and O–H groups in total. The fourth-order valence-corrected chi connectivity index (χ4v) is 6.41. The second-order valence-corrected chi connectivity index (χ2v) is 12.3. The van der Waals surface area contributed by atoms with Gasteiger partial charge in [0.05, 0.1) is 5.56 Å². The molecule has 3 aromatic rings. The Morgan fingerprint density at radius 2 is 1.31 bits per heavy atom. The molecule has 0 saturated heterocycles. The van der Waals surface area contributed by atoms with Gasteiger partial charge in [-0.3, -0.25) is 4.79 Å². The maximum atomic E-state index is 13.2. The monoisotopic (exact) mass is 596 g/mol. The summed E-state index contributed by atoms with van der Waals surface area (Å²) in [6.07, 6.45) is 13.1. The van der Waals surface area contributed by atoms with Gasteiger partial charge in [-0.25, -0.2) is 4.79 Å². The molecule has 2 aliphatic rings. The Labute approximate surface area is 267 Å². The lowest BCUT2D eigenvalue weighted by Gasteiger charge is -2.26. The number of Topliss-reactive ketones (excluding diaryl/α,β-unsaturated/α-hetero) is 1. The lowest BCUT2D eigenvalue weighted by Crippen LogP contribution is -2.19. The molecule has 2 saturated carbocycles. The van der Waals surface area contributed by atoms with E-state index in [0.29, 0.717) is 34.4 Å². The van der Waals surface area contributed by atoms with Gasteiger partial charge in [0, 0.05) is 17.0 Å². The summed E-state index contributed by atoms with van der Waals surface area (Å²) in [5, 5.41) is 0. The zero-order valence-corrected chi connectivity index (χ0v) is 26.0. The van der Waals surface area contributed by atoms with E-state index in [4.69, 9.17) is 15.9 Å². The highest BCUT2D eigenvalue weighted by Gasteiger charge is 2.24. The first-order valence-corrected chi connectivity index (χ1v) is 16.1. The van der Waals surface area contributed by atoms with E-state index in [1.807, 2.05) is 78.9 Å². The fraction of sp³-hybridized carbons (Fsp3) is 0.366. The minimum absolute atomic E-state index is 0.170. The fourth-order valence-electron chi connectivity index (χ4n) is 6.41. The van der Waals surface area contributed by atoms with Crippen LogP contribution in [-0.2, 0) is 9.47 Å². The number of esters is 1. The number of terminal acetylenes is 1. The summed E-state index contributed by atoms with van der Waals surface area (Å²) in [5.74, 6) is 15.1. The van der Waals surface area contributed by atoms with Crippen LogP contribution < -0.4 is 0 Å². The molecule has 2 aliphatic carbocycles. The first kappa shape index (κ1) is 31.9. The number of carbonyl (C=O) groups is 2. The van der Waals surface area contributed by atoms with Crippen molar-refractivity contribution in [2.24, 2.45) is 11.8 Å². The van der Waals surface area contributed by atoms with E-state index in [-0.39, 0.29) is 12.4 Å². The lowest BCUT2D eigenvalue weighted by atomic mass is 9.79. The molecule has 0 bridgehead atoms. The van der Waals surface area contributed by atoms with Crippen molar-refractivity contribution in [1.29, 1.82) is 0 Å². The topological polar surface area (TPSA) is 52.6 Å². The first-order valence-electron chi connectivity index (χ1n) is 16.1. The third kappa shape index (κ3) is 8.99. The number of hydrogen-bond donors (Lipinski definition) is 0. The van der Waals surface area contributed by atoms with Crippen molar-refractivity contribution in [2.75, 3.05) is 6.61 Å². The molecule has 4 nitrogen and oxygen atoms in total. The van der Waals surface area contributed by atoms with E-state index in [1.165, 1.54) is 36.8 Å². The standard InChI is InChI=1S/C41H40O4/c1-3-4-5-7-10-31-15-19-33(20-16-31)34-21-25-36(26-22-34)39(42)29-44-41(38-11-8-6-9-12-38)45-40(43)37-27-23-35(24-28-37)32-17-13-30(2)14-18-32/h1,6,8-9,11-12,21-28,30-33,41H,13-20,29H2,2H3/t30?,31?,32?,33?,41-/m0/s1. The highest BCUT2D eigenvalue weighted by molar-refractivity contribution is 5.97. The average Bonchev–Trinajstić information content (AvgIpc) is 3.09. The number of carbonyl (C=O) groups excluding carboxylic acids is 2. The minimum atomic E-state index is -1.00. The van der Waals surface area contributed by atoms with Gasteiger partial charge >= 0.3 is 5.97 Å². The molecule has 0 aromatic heterocycles. The zero-order chi connectivity index (χ0) is 31.4.